The number of aldehydes is 1. The van der Waals surface area contributed by atoms with E-state index in [-0.39, 0.29) is 0 Å². The molecule has 0 amide bonds. The summed E-state index contributed by atoms with van der Waals surface area (Å²) >= 11 is 5.77. The van der Waals surface area contributed by atoms with Crippen LogP contribution >= 0.6 is 11.6 Å². The van der Waals surface area contributed by atoms with Crippen LogP contribution < -0.4 is 4.74 Å². The number of carbonyl (C=O) groups is 1. The quantitative estimate of drug-likeness (QED) is 0.660. The highest BCUT2D eigenvalue weighted by Gasteiger charge is 2.04. The molecule has 1 aromatic rings. The number of aryl methyl sites for hydroxylation is 1. The summed E-state index contributed by atoms with van der Waals surface area (Å²) in [6.07, 6.45) is 0.713. The number of benzene rings is 1. The Morgan fingerprint density at radius 1 is 1.50 bits per heavy atom. The number of methoxy groups -OCH3 is 1. The second-order valence-corrected chi connectivity index (χ2v) is 2.87. The molecule has 0 heterocycles. The summed E-state index contributed by atoms with van der Waals surface area (Å²) in [4.78, 5) is 10.5. The number of rotatable bonds is 2. The summed E-state index contributed by atoms with van der Waals surface area (Å²) in [7, 11) is 1.56. The molecule has 2 nitrogen and oxygen atoms in total. The molecule has 0 aliphatic heterocycles. The number of halogens is 1. The van der Waals surface area contributed by atoms with Crippen molar-refractivity contribution < 1.29 is 9.53 Å². The van der Waals surface area contributed by atoms with Gasteiger partial charge < -0.3 is 4.74 Å². The molecule has 0 spiro atoms. The Kier molecular flexibility index (Phi) is 2.71. The topological polar surface area (TPSA) is 26.3 Å². The average Bonchev–Trinajstić information content (AvgIpc) is 2.05. The second-order valence-electron chi connectivity index (χ2n) is 2.46. The van der Waals surface area contributed by atoms with Crippen LogP contribution in [-0.2, 0) is 0 Å². The Balaban J connectivity index is 3.26. The van der Waals surface area contributed by atoms with Gasteiger partial charge in [-0.05, 0) is 24.6 Å². The Bertz CT molecular complexity index is 308. The van der Waals surface area contributed by atoms with Crippen LogP contribution in [0.15, 0.2) is 12.1 Å². The lowest BCUT2D eigenvalue weighted by Crippen LogP contribution is -1.90. The molecule has 64 valence electrons. The van der Waals surface area contributed by atoms with E-state index in [0.29, 0.717) is 22.6 Å². The van der Waals surface area contributed by atoms with E-state index in [1.54, 1.807) is 19.2 Å². The van der Waals surface area contributed by atoms with Crippen molar-refractivity contribution in [2.45, 2.75) is 6.92 Å². The maximum absolute atomic E-state index is 10.5. The number of hydrogen-bond acceptors (Lipinski definition) is 2. The van der Waals surface area contributed by atoms with Gasteiger partial charge in [-0.2, -0.15) is 0 Å². The summed E-state index contributed by atoms with van der Waals surface area (Å²) in [5.41, 5.74) is 1.38. The van der Waals surface area contributed by atoms with Crippen molar-refractivity contribution in [1.82, 2.24) is 0 Å². The summed E-state index contributed by atoms with van der Waals surface area (Å²) in [5, 5.41) is 0.461. The van der Waals surface area contributed by atoms with Crippen LogP contribution in [0.4, 0.5) is 0 Å². The van der Waals surface area contributed by atoms with E-state index >= 15 is 0 Å². The van der Waals surface area contributed by atoms with Crippen LogP contribution in [0.1, 0.15) is 15.9 Å². The standard InChI is InChI=1S/C9H9ClO2/c1-6-3-8(10)7(5-11)4-9(6)12-2/h3-5H,1-2H3. The van der Waals surface area contributed by atoms with Crippen LogP contribution in [0.25, 0.3) is 0 Å². The largest absolute Gasteiger partial charge is 0.496 e. The maximum atomic E-state index is 10.5. The van der Waals surface area contributed by atoms with Gasteiger partial charge >= 0.3 is 0 Å². The molecule has 0 aromatic heterocycles. The normalized spacial score (nSPS) is 9.58. The van der Waals surface area contributed by atoms with Gasteiger partial charge in [0.25, 0.3) is 0 Å². The second kappa shape index (κ2) is 3.59. The minimum Gasteiger partial charge on any atom is -0.496 e. The molecule has 1 rings (SSSR count). The average molecular weight is 185 g/mol. The maximum Gasteiger partial charge on any atom is 0.151 e. The highest BCUT2D eigenvalue weighted by atomic mass is 35.5. The van der Waals surface area contributed by atoms with Crippen molar-refractivity contribution in [3.63, 3.8) is 0 Å². The minimum absolute atomic E-state index is 0.458. The van der Waals surface area contributed by atoms with Crippen LogP contribution in [0.5, 0.6) is 5.75 Å². The van der Waals surface area contributed by atoms with Gasteiger partial charge in [-0.25, -0.2) is 0 Å². The first-order valence-corrected chi connectivity index (χ1v) is 3.86. The Morgan fingerprint density at radius 2 is 2.17 bits per heavy atom. The van der Waals surface area contributed by atoms with E-state index in [1.807, 2.05) is 6.92 Å². The van der Waals surface area contributed by atoms with Crippen molar-refractivity contribution in [3.05, 3.63) is 28.3 Å². The van der Waals surface area contributed by atoms with E-state index in [1.165, 1.54) is 0 Å². The molecule has 0 unspecified atom stereocenters. The van der Waals surface area contributed by atoms with Crippen molar-refractivity contribution >= 4 is 17.9 Å². The first-order chi connectivity index (χ1) is 5.69. The lowest BCUT2D eigenvalue weighted by molar-refractivity contribution is 0.112. The summed E-state index contributed by atoms with van der Waals surface area (Å²) in [5.74, 6) is 0.682. The molecule has 12 heavy (non-hydrogen) atoms. The summed E-state index contributed by atoms with van der Waals surface area (Å²) in [6.45, 7) is 1.87. The number of ether oxygens (including phenoxy) is 1. The predicted molar refractivity (Wildman–Crippen MR) is 48.1 cm³/mol. The molecule has 0 aliphatic rings. The first-order valence-electron chi connectivity index (χ1n) is 3.48. The van der Waals surface area contributed by atoms with Crippen LogP contribution in [-0.4, -0.2) is 13.4 Å². The van der Waals surface area contributed by atoms with E-state index in [0.717, 1.165) is 5.56 Å². The van der Waals surface area contributed by atoms with Gasteiger partial charge in [0.2, 0.25) is 0 Å². The van der Waals surface area contributed by atoms with E-state index < -0.39 is 0 Å². The highest BCUT2D eigenvalue weighted by Crippen LogP contribution is 2.24. The first kappa shape index (κ1) is 9.07. The molecule has 0 bridgehead atoms. The van der Waals surface area contributed by atoms with Gasteiger partial charge in [-0.3, -0.25) is 4.79 Å². The Labute approximate surface area is 76.1 Å². The zero-order valence-corrected chi connectivity index (χ0v) is 7.68. The summed E-state index contributed by atoms with van der Waals surface area (Å²) < 4.78 is 5.02. The molecule has 0 N–H and O–H groups in total. The molecule has 0 atom stereocenters. The molecule has 0 aliphatic carbocycles. The minimum atomic E-state index is 0.458. The predicted octanol–water partition coefficient (Wildman–Crippen LogP) is 2.47. The zero-order valence-electron chi connectivity index (χ0n) is 6.93. The number of carbonyl (C=O) groups excluding carboxylic acids is 1. The third-order valence-electron chi connectivity index (χ3n) is 1.64. The Hall–Kier alpha value is -1.02. The molecule has 0 radical (unpaired) electrons. The molecular weight excluding hydrogens is 176 g/mol. The van der Waals surface area contributed by atoms with E-state index in [2.05, 4.69) is 0 Å². The summed E-state index contributed by atoms with van der Waals surface area (Å²) in [6, 6.07) is 3.34. The fourth-order valence-corrected chi connectivity index (χ4v) is 1.24. The van der Waals surface area contributed by atoms with Crippen LogP contribution in [0, 0.1) is 6.92 Å². The van der Waals surface area contributed by atoms with Gasteiger partial charge in [-0.1, -0.05) is 11.6 Å². The molecule has 1 aromatic carbocycles. The molecule has 0 fully saturated rings. The van der Waals surface area contributed by atoms with Crippen molar-refractivity contribution in [2.75, 3.05) is 7.11 Å². The highest BCUT2D eigenvalue weighted by molar-refractivity contribution is 6.33. The van der Waals surface area contributed by atoms with Gasteiger partial charge in [0.05, 0.1) is 12.1 Å². The molecule has 3 heteroatoms. The van der Waals surface area contributed by atoms with E-state index in [4.69, 9.17) is 16.3 Å². The van der Waals surface area contributed by atoms with Gasteiger partial charge in [-0.15, -0.1) is 0 Å². The third kappa shape index (κ3) is 1.59. The molecule has 0 saturated heterocycles. The van der Waals surface area contributed by atoms with Crippen molar-refractivity contribution in [1.29, 1.82) is 0 Å². The SMILES string of the molecule is COc1cc(C=O)c(Cl)cc1C. The molecule has 0 saturated carbocycles. The van der Waals surface area contributed by atoms with Gasteiger partial charge in [0, 0.05) is 5.56 Å². The van der Waals surface area contributed by atoms with Crippen molar-refractivity contribution in [2.24, 2.45) is 0 Å². The fourth-order valence-electron chi connectivity index (χ4n) is 0.979. The molecular formula is C9H9ClO2. The van der Waals surface area contributed by atoms with Gasteiger partial charge in [0.1, 0.15) is 5.75 Å². The lowest BCUT2D eigenvalue weighted by Gasteiger charge is -2.05. The van der Waals surface area contributed by atoms with E-state index in [9.17, 15) is 4.79 Å². The third-order valence-corrected chi connectivity index (χ3v) is 1.97. The van der Waals surface area contributed by atoms with Crippen molar-refractivity contribution in [3.8, 4) is 5.75 Å². The Morgan fingerprint density at radius 3 is 2.67 bits per heavy atom. The lowest BCUT2D eigenvalue weighted by atomic mass is 10.1. The van der Waals surface area contributed by atoms with Crippen LogP contribution in [0.3, 0.4) is 0 Å². The zero-order chi connectivity index (χ0) is 9.14. The smallest absolute Gasteiger partial charge is 0.151 e. The van der Waals surface area contributed by atoms with Crippen LogP contribution in [0.2, 0.25) is 5.02 Å². The fraction of sp³-hybridized carbons (Fsp3) is 0.222. The monoisotopic (exact) mass is 184 g/mol. The van der Waals surface area contributed by atoms with Gasteiger partial charge in [0.15, 0.2) is 6.29 Å². The number of hydrogen-bond donors (Lipinski definition) is 0.